The summed E-state index contributed by atoms with van der Waals surface area (Å²) in [4.78, 5) is 8.86. The maximum absolute atomic E-state index is 5.47. The lowest BCUT2D eigenvalue weighted by Gasteiger charge is -2.00. The normalized spacial score (nSPS) is 10.9. The van der Waals surface area contributed by atoms with Gasteiger partial charge in [-0.3, -0.25) is 10.1 Å². The molecule has 0 fully saturated rings. The standard InChI is InChI=1S/C13H13N5/c14-8-13-16-12(17-18-13)7-10-6-5-9-3-1-2-4-11(9)15-10/h1-6H,7-8,14H2,(H,16,17,18). The van der Waals surface area contributed by atoms with Gasteiger partial charge in [0.1, 0.15) is 5.82 Å². The molecule has 0 saturated carbocycles. The number of aromatic nitrogens is 4. The van der Waals surface area contributed by atoms with Gasteiger partial charge in [-0.05, 0) is 12.1 Å². The topological polar surface area (TPSA) is 80.5 Å². The van der Waals surface area contributed by atoms with E-state index in [-0.39, 0.29) is 0 Å². The van der Waals surface area contributed by atoms with E-state index in [4.69, 9.17) is 5.73 Å². The van der Waals surface area contributed by atoms with Crippen LogP contribution in [0, 0.1) is 0 Å². The van der Waals surface area contributed by atoms with Crippen molar-refractivity contribution in [3.05, 3.63) is 53.7 Å². The molecule has 1 aromatic carbocycles. The summed E-state index contributed by atoms with van der Waals surface area (Å²) in [5.74, 6) is 1.42. The zero-order valence-corrected chi connectivity index (χ0v) is 9.80. The SMILES string of the molecule is NCc1n[nH]c(Cc2ccc3ccccc3n2)n1. The first-order valence-electron chi connectivity index (χ1n) is 5.80. The number of hydrogen-bond acceptors (Lipinski definition) is 4. The van der Waals surface area contributed by atoms with Crippen LogP contribution in [-0.2, 0) is 13.0 Å². The van der Waals surface area contributed by atoms with Crippen LogP contribution in [0.4, 0.5) is 0 Å². The van der Waals surface area contributed by atoms with Crippen molar-refractivity contribution in [2.75, 3.05) is 0 Å². The molecule has 0 spiro atoms. The Morgan fingerprint density at radius 3 is 2.78 bits per heavy atom. The molecule has 0 radical (unpaired) electrons. The highest BCUT2D eigenvalue weighted by atomic mass is 15.2. The van der Waals surface area contributed by atoms with Crippen molar-refractivity contribution in [3.63, 3.8) is 0 Å². The second-order valence-electron chi connectivity index (χ2n) is 4.07. The lowest BCUT2D eigenvalue weighted by Crippen LogP contribution is -1.99. The number of nitrogens with zero attached hydrogens (tertiary/aromatic N) is 3. The molecule has 3 aromatic rings. The van der Waals surface area contributed by atoms with Crippen LogP contribution in [-0.4, -0.2) is 20.2 Å². The Labute approximate surface area is 104 Å². The Kier molecular flexibility index (Phi) is 2.74. The van der Waals surface area contributed by atoms with E-state index in [2.05, 4.69) is 26.2 Å². The first-order valence-corrected chi connectivity index (χ1v) is 5.80. The zero-order chi connectivity index (χ0) is 12.4. The molecule has 0 amide bonds. The smallest absolute Gasteiger partial charge is 0.164 e. The fraction of sp³-hybridized carbons (Fsp3) is 0.154. The number of para-hydroxylation sites is 1. The number of nitrogens with two attached hydrogens (primary N) is 1. The van der Waals surface area contributed by atoms with Gasteiger partial charge in [-0.2, -0.15) is 5.10 Å². The molecule has 2 heterocycles. The third-order valence-corrected chi connectivity index (χ3v) is 2.77. The number of hydrogen-bond donors (Lipinski definition) is 2. The van der Waals surface area contributed by atoms with Gasteiger partial charge in [0.2, 0.25) is 0 Å². The molecular formula is C13H13N5. The molecule has 18 heavy (non-hydrogen) atoms. The average molecular weight is 239 g/mol. The highest BCUT2D eigenvalue weighted by Gasteiger charge is 2.04. The van der Waals surface area contributed by atoms with Crippen molar-refractivity contribution >= 4 is 10.9 Å². The number of benzene rings is 1. The van der Waals surface area contributed by atoms with Crippen LogP contribution >= 0.6 is 0 Å². The van der Waals surface area contributed by atoms with Gasteiger partial charge >= 0.3 is 0 Å². The predicted octanol–water partition coefficient (Wildman–Crippen LogP) is 1.40. The fourth-order valence-corrected chi connectivity index (χ4v) is 1.88. The van der Waals surface area contributed by atoms with Gasteiger partial charge in [0.15, 0.2) is 5.82 Å². The molecule has 5 heteroatoms. The Hall–Kier alpha value is -2.27. The van der Waals surface area contributed by atoms with Crippen LogP contribution in [0.25, 0.3) is 10.9 Å². The third-order valence-electron chi connectivity index (χ3n) is 2.77. The number of rotatable bonds is 3. The van der Waals surface area contributed by atoms with E-state index in [0.29, 0.717) is 18.8 Å². The molecule has 0 aliphatic heterocycles. The van der Waals surface area contributed by atoms with E-state index >= 15 is 0 Å². The molecular weight excluding hydrogens is 226 g/mol. The van der Waals surface area contributed by atoms with E-state index in [1.807, 2.05) is 30.3 Å². The highest BCUT2D eigenvalue weighted by molar-refractivity contribution is 5.78. The fourth-order valence-electron chi connectivity index (χ4n) is 1.88. The molecule has 5 nitrogen and oxygen atoms in total. The molecule has 0 aliphatic rings. The van der Waals surface area contributed by atoms with Gasteiger partial charge in [-0.25, -0.2) is 4.98 Å². The van der Waals surface area contributed by atoms with Crippen LogP contribution in [0.15, 0.2) is 36.4 Å². The number of nitrogens with one attached hydrogen (secondary N) is 1. The van der Waals surface area contributed by atoms with Crippen LogP contribution in [0.3, 0.4) is 0 Å². The zero-order valence-electron chi connectivity index (χ0n) is 9.80. The molecule has 2 aromatic heterocycles. The minimum absolute atomic E-state index is 0.349. The van der Waals surface area contributed by atoms with Crippen molar-refractivity contribution in [1.29, 1.82) is 0 Å². The van der Waals surface area contributed by atoms with E-state index in [9.17, 15) is 0 Å². The average Bonchev–Trinajstić information content (AvgIpc) is 2.86. The van der Waals surface area contributed by atoms with Gasteiger partial charge in [-0.1, -0.05) is 24.3 Å². The number of fused-ring (bicyclic) bond motifs is 1. The summed E-state index contributed by atoms with van der Waals surface area (Å²) in [6, 6.07) is 12.1. The predicted molar refractivity (Wildman–Crippen MR) is 68.8 cm³/mol. The Morgan fingerprint density at radius 2 is 1.94 bits per heavy atom. The minimum atomic E-state index is 0.349. The largest absolute Gasteiger partial charge is 0.324 e. The van der Waals surface area contributed by atoms with Crippen molar-refractivity contribution in [1.82, 2.24) is 20.2 Å². The summed E-state index contributed by atoms with van der Waals surface area (Å²) in [5.41, 5.74) is 7.43. The molecule has 0 unspecified atom stereocenters. The van der Waals surface area contributed by atoms with E-state index in [0.717, 1.165) is 22.4 Å². The Bertz CT molecular complexity index is 674. The second-order valence-corrected chi connectivity index (χ2v) is 4.07. The first kappa shape index (κ1) is 10.9. The molecule has 0 aliphatic carbocycles. The van der Waals surface area contributed by atoms with Crippen molar-refractivity contribution in [2.24, 2.45) is 5.73 Å². The van der Waals surface area contributed by atoms with Gasteiger partial charge in [0.25, 0.3) is 0 Å². The van der Waals surface area contributed by atoms with Crippen LogP contribution < -0.4 is 5.73 Å². The lowest BCUT2D eigenvalue weighted by molar-refractivity contribution is 0.916. The van der Waals surface area contributed by atoms with E-state index in [1.54, 1.807) is 0 Å². The highest BCUT2D eigenvalue weighted by Crippen LogP contribution is 2.13. The molecule has 0 saturated heterocycles. The number of pyridine rings is 1. The first-order chi connectivity index (χ1) is 8.85. The molecule has 0 atom stereocenters. The maximum Gasteiger partial charge on any atom is 0.164 e. The summed E-state index contributed by atoms with van der Waals surface area (Å²) >= 11 is 0. The van der Waals surface area contributed by atoms with E-state index in [1.165, 1.54) is 0 Å². The summed E-state index contributed by atoms with van der Waals surface area (Å²) < 4.78 is 0. The van der Waals surface area contributed by atoms with Crippen molar-refractivity contribution in [3.8, 4) is 0 Å². The lowest BCUT2D eigenvalue weighted by atomic mass is 10.2. The van der Waals surface area contributed by atoms with E-state index < -0.39 is 0 Å². The third kappa shape index (κ3) is 2.08. The quantitative estimate of drug-likeness (QED) is 0.724. The summed E-state index contributed by atoms with van der Waals surface area (Å²) in [6.45, 7) is 0.349. The Balaban J connectivity index is 1.90. The van der Waals surface area contributed by atoms with Gasteiger partial charge in [-0.15, -0.1) is 0 Å². The second kappa shape index (κ2) is 4.54. The summed E-state index contributed by atoms with van der Waals surface area (Å²) in [6.07, 6.45) is 0.637. The Morgan fingerprint density at radius 1 is 1.06 bits per heavy atom. The van der Waals surface area contributed by atoms with Gasteiger partial charge in [0, 0.05) is 17.5 Å². The number of aromatic amines is 1. The molecule has 90 valence electrons. The summed E-state index contributed by atoms with van der Waals surface area (Å²) in [5, 5.41) is 8.02. The number of H-pyrrole nitrogens is 1. The van der Waals surface area contributed by atoms with Gasteiger partial charge < -0.3 is 5.73 Å². The van der Waals surface area contributed by atoms with Crippen LogP contribution in [0.2, 0.25) is 0 Å². The summed E-state index contributed by atoms with van der Waals surface area (Å²) in [7, 11) is 0. The van der Waals surface area contributed by atoms with Crippen LogP contribution in [0.1, 0.15) is 17.3 Å². The van der Waals surface area contributed by atoms with Crippen molar-refractivity contribution < 1.29 is 0 Å². The molecule has 3 N–H and O–H groups in total. The monoisotopic (exact) mass is 239 g/mol. The van der Waals surface area contributed by atoms with Crippen molar-refractivity contribution in [2.45, 2.75) is 13.0 Å². The van der Waals surface area contributed by atoms with Gasteiger partial charge in [0.05, 0.1) is 12.1 Å². The maximum atomic E-state index is 5.47. The van der Waals surface area contributed by atoms with Crippen LogP contribution in [0.5, 0.6) is 0 Å². The molecule has 0 bridgehead atoms. The molecule has 3 rings (SSSR count). The minimum Gasteiger partial charge on any atom is -0.324 e.